The highest BCUT2D eigenvalue weighted by Crippen LogP contribution is 2.23. The lowest BCUT2D eigenvalue weighted by Gasteiger charge is -2.09. The first-order valence-corrected chi connectivity index (χ1v) is 7.02. The van der Waals surface area contributed by atoms with Crippen LogP contribution in [-0.2, 0) is 4.79 Å². The first kappa shape index (κ1) is 14.4. The molecule has 6 heteroatoms. The van der Waals surface area contributed by atoms with Gasteiger partial charge >= 0.3 is 0 Å². The van der Waals surface area contributed by atoms with Crippen LogP contribution in [0.5, 0.6) is 5.75 Å². The van der Waals surface area contributed by atoms with E-state index in [-0.39, 0.29) is 12.5 Å². The Morgan fingerprint density at radius 1 is 1.50 bits per heavy atom. The molecule has 1 aromatic carbocycles. The number of aryl methyl sites for hydroxylation is 1. The van der Waals surface area contributed by atoms with Crippen molar-refractivity contribution in [2.45, 2.75) is 6.92 Å². The van der Waals surface area contributed by atoms with E-state index in [1.54, 1.807) is 29.6 Å². The molecule has 0 saturated carbocycles. The fourth-order valence-corrected chi connectivity index (χ4v) is 2.56. The Kier molecular flexibility index (Phi) is 4.61. The van der Waals surface area contributed by atoms with E-state index < -0.39 is 0 Å². The van der Waals surface area contributed by atoms with Crippen molar-refractivity contribution in [3.05, 3.63) is 45.8 Å². The summed E-state index contributed by atoms with van der Waals surface area (Å²) in [6.45, 7) is 1.73. The van der Waals surface area contributed by atoms with Gasteiger partial charge in [0, 0.05) is 5.02 Å². The van der Waals surface area contributed by atoms with Crippen molar-refractivity contribution in [2.75, 3.05) is 11.9 Å². The standard InChI is InChI=1S/C14H11ClN2O2S/c1-9-6-11(15)2-3-12(9)19-8-13(18)17-14-10(7-16)4-5-20-14/h2-6H,8H2,1H3,(H,17,18). The predicted octanol–water partition coefficient (Wildman–Crippen LogP) is 3.60. The number of ether oxygens (including phenoxy) is 1. The highest BCUT2D eigenvalue weighted by Gasteiger charge is 2.09. The molecular weight excluding hydrogens is 296 g/mol. The van der Waals surface area contributed by atoms with Crippen LogP contribution in [0.25, 0.3) is 0 Å². The van der Waals surface area contributed by atoms with Gasteiger partial charge in [0.15, 0.2) is 6.61 Å². The Hall–Kier alpha value is -2.03. The summed E-state index contributed by atoms with van der Waals surface area (Å²) in [6, 6.07) is 8.86. The molecule has 0 fully saturated rings. The molecule has 1 amide bonds. The number of carbonyl (C=O) groups is 1. The lowest BCUT2D eigenvalue weighted by atomic mass is 10.2. The lowest BCUT2D eigenvalue weighted by Crippen LogP contribution is -2.20. The Labute approximate surface area is 125 Å². The fraction of sp³-hybridized carbons (Fsp3) is 0.143. The molecule has 0 spiro atoms. The Bertz CT molecular complexity index is 676. The van der Waals surface area contributed by atoms with Crippen molar-refractivity contribution >= 4 is 33.8 Å². The quantitative estimate of drug-likeness (QED) is 0.938. The Balaban J connectivity index is 1.94. The summed E-state index contributed by atoms with van der Waals surface area (Å²) >= 11 is 7.15. The van der Waals surface area contributed by atoms with Crippen LogP contribution in [0.1, 0.15) is 11.1 Å². The molecule has 102 valence electrons. The minimum absolute atomic E-state index is 0.120. The van der Waals surface area contributed by atoms with Crippen molar-refractivity contribution < 1.29 is 9.53 Å². The number of nitrogens with one attached hydrogen (secondary N) is 1. The number of carbonyl (C=O) groups excluding carboxylic acids is 1. The van der Waals surface area contributed by atoms with Crippen molar-refractivity contribution in [3.63, 3.8) is 0 Å². The monoisotopic (exact) mass is 306 g/mol. The van der Waals surface area contributed by atoms with E-state index in [0.717, 1.165) is 5.56 Å². The number of hydrogen-bond acceptors (Lipinski definition) is 4. The van der Waals surface area contributed by atoms with Gasteiger partial charge in [0.1, 0.15) is 16.8 Å². The van der Waals surface area contributed by atoms with Gasteiger partial charge in [-0.15, -0.1) is 11.3 Å². The smallest absolute Gasteiger partial charge is 0.262 e. The topological polar surface area (TPSA) is 62.1 Å². The molecule has 0 unspecified atom stereocenters. The molecule has 0 aliphatic rings. The van der Waals surface area contributed by atoms with Gasteiger partial charge in [-0.1, -0.05) is 11.6 Å². The van der Waals surface area contributed by atoms with Crippen LogP contribution in [0.15, 0.2) is 29.6 Å². The van der Waals surface area contributed by atoms with Crippen molar-refractivity contribution in [2.24, 2.45) is 0 Å². The van der Waals surface area contributed by atoms with E-state index in [4.69, 9.17) is 21.6 Å². The third kappa shape index (κ3) is 3.50. The maximum absolute atomic E-state index is 11.8. The van der Waals surface area contributed by atoms with Gasteiger partial charge in [-0.2, -0.15) is 5.26 Å². The summed E-state index contributed by atoms with van der Waals surface area (Å²) in [6.07, 6.45) is 0. The lowest BCUT2D eigenvalue weighted by molar-refractivity contribution is -0.118. The van der Waals surface area contributed by atoms with Gasteiger partial charge in [-0.25, -0.2) is 0 Å². The van der Waals surface area contributed by atoms with Crippen LogP contribution in [0.3, 0.4) is 0 Å². The van der Waals surface area contributed by atoms with Gasteiger partial charge < -0.3 is 10.1 Å². The number of anilines is 1. The molecule has 0 aliphatic carbocycles. The SMILES string of the molecule is Cc1cc(Cl)ccc1OCC(=O)Nc1sccc1C#N. The average Bonchev–Trinajstić information content (AvgIpc) is 2.85. The highest BCUT2D eigenvalue weighted by atomic mass is 35.5. The van der Waals surface area contributed by atoms with Crippen LogP contribution in [0.2, 0.25) is 5.02 Å². The van der Waals surface area contributed by atoms with Crippen LogP contribution in [0.4, 0.5) is 5.00 Å². The van der Waals surface area contributed by atoms with Gasteiger partial charge in [-0.05, 0) is 42.1 Å². The first-order valence-electron chi connectivity index (χ1n) is 5.76. The number of nitrogens with zero attached hydrogens (tertiary/aromatic N) is 1. The fourth-order valence-electron chi connectivity index (χ4n) is 1.57. The maximum atomic E-state index is 11.8. The van der Waals surface area contributed by atoms with Gasteiger partial charge in [0.05, 0.1) is 5.56 Å². The van der Waals surface area contributed by atoms with Crippen LogP contribution < -0.4 is 10.1 Å². The number of hydrogen-bond donors (Lipinski definition) is 1. The first-order chi connectivity index (χ1) is 9.60. The second kappa shape index (κ2) is 6.42. The molecule has 4 nitrogen and oxygen atoms in total. The Morgan fingerprint density at radius 2 is 2.30 bits per heavy atom. The number of rotatable bonds is 4. The van der Waals surface area contributed by atoms with E-state index in [1.807, 2.05) is 13.0 Å². The summed E-state index contributed by atoms with van der Waals surface area (Å²) in [4.78, 5) is 11.8. The number of amides is 1. The van der Waals surface area contributed by atoms with E-state index in [1.165, 1.54) is 11.3 Å². The van der Waals surface area contributed by atoms with Crippen LogP contribution >= 0.6 is 22.9 Å². The molecule has 20 heavy (non-hydrogen) atoms. The van der Waals surface area contributed by atoms with Crippen LogP contribution in [-0.4, -0.2) is 12.5 Å². The zero-order chi connectivity index (χ0) is 14.5. The zero-order valence-electron chi connectivity index (χ0n) is 10.6. The minimum Gasteiger partial charge on any atom is -0.483 e. The number of benzene rings is 1. The van der Waals surface area contributed by atoms with E-state index in [9.17, 15) is 4.79 Å². The van der Waals surface area contributed by atoms with Gasteiger partial charge in [0.2, 0.25) is 0 Å². The molecule has 2 aromatic rings. The Morgan fingerprint density at radius 3 is 3.00 bits per heavy atom. The van der Waals surface area contributed by atoms with Crippen molar-refractivity contribution in [1.29, 1.82) is 5.26 Å². The van der Waals surface area contributed by atoms with Gasteiger partial charge in [-0.3, -0.25) is 4.79 Å². The molecule has 0 atom stereocenters. The summed E-state index contributed by atoms with van der Waals surface area (Å²) in [5, 5.41) is 14.4. The second-order valence-corrected chi connectivity index (χ2v) is 5.37. The largest absolute Gasteiger partial charge is 0.483 e. The molecule has 0 aliphatic heterocycles. The second-order valence-electron chi connectivity index (χ2n) is 4.02. The van der Waals surface area contributed by atoms with Crippen LogP contribution in [0, 0.1) is 18.3 Å². The average molecular weight is 307 g/mol. The molecule has 1 aromatic heterocycles. The molecular formula is C14H11ClN2O2S. The summed E-state index contributed by atoms with van der Waals surface area (Å²) in [5.41, 5.74) is 1.31. The zero-order valence-corrected chi connectivity index (χ0v) is 12.2. The predicted molar refractivity (Wildman–Crippen MR) is 79.3 cm³/mol. The maximum Gasteiger partial charge on any atom is 0.262 e. The highest BCUT2D eigenvalue weighted by molar-refractivity contribution is 7.14. The van der Waals surface area contributed by atoms with Crippen molar-refractivity contribution in [1.82, 2.24) is 0 Å². The van der Waals surface area contributed by atoms with Crippen molar-refractivity contribution in [3.8, 4) is 11.8 Å². The molecule has 0 bridgehead atoms. The summed E-state index contributed by atoms with van der Waals surface area (Å²) in [7, 11) is 0. The molecule has 1 heterocycles. The third-order valence-electron chi connectivity index (χ3n) is 2.53. The summed E-state index contributed by atoms with van der Waals surface area (Å²) < 4.78 is 5.43. The normalized spacial score (nSPS) is 9.85. The van der Waals surface area contributed by atoms with E-state index in [2.05, 4.69) is 5.32 Å². The molecule has 1 N–H and O–H groups in total. The number of thiophene rings is 1. The molecule has 0 radical (unpaired) electrons. The number of halogens is 1. The number of nitriles is 1. The van der Waals surface area contributed by atoms with E-state index >= 15 is 0 Å². The third-order valence-corrected chi connectivity index (χ3v) is 3.60. The van der Waals surface area contributed by atoms with Gasteiger partial charge in [0.25, 0.3) is 5.91 Å². The molecule has 2 rings (SSSR count). The molecule has 0 saturated heterocycles. The summed E-state index contributed by atoms with van der Waals surface area (Å²) in [5.74, 6) is 0.300. The minimum atomic E-state index is -0.307. The van der Waals surface area contributed by atoms with E-state index in [0.29, 0.717) is 21.3 Å².